The van der Waals surface area contributed by atoms with Gasteiger partial charge in [0.25, 0.3) is 0 Å². The monoisotopic (exact) mass is 319 g/mol. The molecular weight excluding hydrogens is 298 g/mol. The van der Waals surface area contributed by atoms with Crippen molar-refractivity contribution >= 4 is 6.09 Å². The quantitative estimate of drug-likeness (QED) is 0.791. The fraction of sp³-hybridized carbons (Fsp3) is 0.286. The van der Waals surface area contributed by atoms with Crippen LogP contribution in [0.25, 0.3) is 0 Å². The number of nitrogens with zero attached hydrogens (tertiary/aromatic N) is 1. The van der Waals surface area contributed by atoms with E-state index in [2.05, 4.69) is 36.2 Å². The molecule has 0 bridgehead atoms. The molecule has 1 heterocycles. The number of ether oxygens (including phenoxy) is 1. The third-order valence-electron chi connectivity index (χ3n) is 4.08. The van der Waals surface area contributed by atoms with E-state index in [0.29, 0.717) is 6.61 Å². The van der Waals surface area contributed by atoms with E-state index in [9.17, 15) is 4.79 Å². The first-order chi connectivity index (χ1) is 11.7. The summed E-state index contributed by atoms with van der Waals surface area (Å²) in [5.41, 5.74) is 2.31. The SMILES string of the molecule is CC(C)C#CN1C(=O)OC[C@H]1C(c1ccccc1)c1ccccc1. The van der Waals surface area contributed by atoms with Crippen molar-refractivity contribution in [1.29, 1.82) is 0 Å². The number of hydrogen-bond acceptors (Lipinski definition) is 2. The zero-order chi connectivity index (χ0) is 16.9. The van der Waals surface area contributed by atoms with Crippen molar-refractivity contribution < 1.29 is 9.53 Å². The van der Waals surface area contributed by atoms with Gasteiger partial charge in [-0.3, -0.25) is 0 Å². The molecule has 122 valence electrons. The van der Waals surface area contributed by atoms with Crippen LogP contribution in [0.15, 0.2) is 60.7 Å². The summed E-state index contributed by atoms with van der Waals surface area (Å²) in [4.78, 5) is 13.7. The summed E-state index contributed by atoms with van der Waals surface area (Å²) in [7, 11) is 0. The van der Waals surface area contributed by atoms with E-state index in [1.54, 1.807) is 4.90 Å². The van der Waals surface area contributed by atoms with Crippen molar-refractivity contribution in [2.45, 2.75) is 25.8 Å². The van der Waals surface area contributed by atoms with Crippen molar-refractivity contribution in [1.82, 2.24) is 4.90 Å². The van der Waals surface area contributed by atoms with Crippen LogP contribution < -0.4 is 0 Å². The number of amides is 1. The van der Waals surface area contributed by atoms with Crippen molar-refractivity contribution in [3.8, 4) is 12.0 Å². The molecule has 1 aliphatic rings. The van der Waals surface area contributed by atoms with E-state index in [0.717, 1.165) is 11.1 Å². The van der Waals surface area contributed by atoms with Gasteiger partial charge in [0.1, 0.15) is 6.61 Å². The molecular formula is C21H21NO2. The first-order valence-corrected chi connectivity index (χ1v) is 8.24. The fourth-order valence-electron chi connectivity index (χ4n) is 2.97. The van der Waals surface area contributed by atoms with Crippen LogP contribution in [0.5, 0.6) is 0 Å². The summed E-state index contributed by atoms with van der Waals surface area (Å²) in [6.45, 7) is 4.37. The Balaban J connectivity index is 2.02. The molecule has 2 aromatic carbocycles. The predicted octanol–water partition coefficient (Wildman–Crippen LogP) is 4.26. The zero-order valence-corrected chi connectivity index (χ0v) is 14.0. The maximum atomic E-state index is 12.2. The summed E-state index contributed by atoms with van der Waals surface area (Å²) < 4.78 is 5.32. The Labute approximate surface area is 143 Å². The molecule has 1 saturated heterocycles. The molecule has 1 aliphatic heterocycles. The van der Waals surface area contributed by atoms with Crippen LogP contribution >= 0.6 is 0 Å². The van der Waals surface area contributed by atoms with Gasteiger partial charge in [0.2, 0.25) is 0 Å². The summed E-state index contributed by atoms with van der Waals surface area (Å²) in [6.07, 6.45) is -0.356. The molecule has 1 atom stereocenters. The van der Waals surface area contributed by atoms with Crippen LogP contribution in [0.1, 0.15) is 30.9 Å². The van der Waals surface area contributed by atoms with Gasteiger partial charge in [0, 0.05) is 17.9 Å². The van der Waals surface area contributed by atoms with E-state index in [1.807, 2.05) is 50.2 Å². The molecule has 24 heavy (non-hydrogen) atoms. The highest BCUT2D eigenvalue weighted by atomic mass is 16.6. The molecule has 0 N–H and O–H groups in total. The summed E-state index contributed by atoms with van der Waals surface area (Å²) in [5, 5.41) is 0. The number of rotatable bonds is 3. The Morgan fingerprint density at radius 3 is 2.04 bits per heavy atom. The Bertz CT molecular complexity index is 704. The maximum absolute atomic E-state index is 12.2. The highest BCUT2D eigenvalue weighted by Crippen LogP contribution is 2.33. The molecule has 0 saturated carbocycles. The molecule has 3 rings (SSSR count). The predicted molar refractivity (Wildman–Crippen MR) is 94.3 cm³/mol. The van der Waals surface area contributed by atoms with Crippen LogP contribution in [-0.4, -0.2) is 23.6 Å². The van der Waals surface area contributed by atoms with Crippen LogP contribution in [0.3, 0.4) is 0 Å². The summed E-state index contributed by atoms with van der Waals surface area (Å²) in [6, 6.07) is 23.3. The van der Waals surface area contributed by atoms with Gasteiger partial charge in [-0.15, -0.1) is 0 Å². The molecule has 0 radical (unpaired) electrons. The van der Waals surface area contributed by atoms with Gasteiger partial charge in [-0.05, 0) is 11.1 Å². The first-order valence-electron chi connectivity index (χ1n) is 8.24. The molecule has 0 spiro atoms. The van der Waals surface area contributed by atoms with Crippen molar-refractivity contribution in [2.24, 2.45) is 5.92 Å². The van der Waals surface area contributed by atoms with Gasteiger partial charge in [0.15, 0.2) is 0 Å². The van der Waals surface area contributed by atoms with Gasteiger partial charge in [-0.2, -0.15) is 0 Å². The van der Waals surface area contributed by atoms with E-state index < -0.39 is 0 Å². The molecule has 0 aromatic heterocycles. The summed E-state index contributed by atoms with van der Waals surface area (Å²) >= 11 is 0. The van der Waals surface area contributed by atoms with E-state index in [-0.39, 0.29) is 24.0 Å². The Morgan fingerprint density at radius 2 is 1.54 bits per heavy atom. The lowest BCUT2D eigenvalue weighted by Gasteiger charge is -2.26. The Kier molecular flexibility index (Phi) is 4.86. The third-order valence-corrected chi connectivity index (χ3v) is 4.08. The molecule has 0 unspecified atom stereocenters. The highest BCUT2D eigenvalue weighted by molar-refractivity contribution is 5.73. The molecule has 2 aromatic rings. The van der Waals surface area contributed by atoms with Crippen molar-refractivity contribution in [3.05, 3.63) is 71.8 Å². The standard InChI is InChI=1S/C21H21NO2/c1-16(2)13-14-22-19(15-24-21(22)23)20(17-9-5-3-6-10-17)18-11-7-4-8-12-18/h3-12,16,19-20H,15H2,1-2H3/t19-/m0/s1. The molecule has 3 nitrogen and oxygen atoms in total. The van der Waals surface area contributed by atoms with Crippen molar-refractivity contribution in [3.63, 3.8) is 0 Å². The van der Waals surface area contributed by atoms with Crippen LogP contribution in [0.4, 0.5) is 4.79 Å². The second-order valence-electron chi connectivity index (χ2n) is 6.22. The normalized spacial score (nSPS) is 16.9. The molecule has 1 amide bonds. The van der Waals surface area contributed by atoms with Crippen molar-refractivity contribution in [2.75, 3.05) is 6.61 Å². The molecule has 1 fully saturated rings. The first kappa shape index (κ1) is 16.1. The average molecular weight is 319 g/mol. The Morgan fingerprint density at radius 1 is 1.00 bits per heavy atom. The average Bonchev–Trinajstić information content (AvgIpc) is 2.96. The van der Waals surface area contributed by atoms with Gasteiger partial charge in [0.05, 0.1) is 6.04 Å². The minimum absolute atomic E-state index is 0.0281. The lowest BCUT2D eigenvalue weighted by molar-refractivity contribution is 0.167. The Hall–Kier alpha value is -2.73. The van der Waals surface area contributed by atoms with Gasteiger partial charge < -0.3 is 4.74 Å². The minimum atomic E-state index is -0.356. The number of carbonyl (C=O) groups is 1. The van der Waals surface area contributed by atoms with Gasteiger partial charge in [-0.25, -0.2) is 9.69 Å². The number of hydrogen-bond donors (Lipinski definition) is 0. The second kappa shape index (κ2) is 7.23. The van der Waals surface area contributed by atoms with Crippen LogP contribution in [0, 0.1) is 17.9 Å². The maximum Gasteiger partial charge on any atom is 0.422 e. The summed E-state index contributed by atoms with van der Waals surface area (Å²) in [5.74, 6) is 3.31. The number of benzene rings is 2. The highest BCUT2D eigenvalue weighted by Gasteiger charge is 2.39. The van der Waals surface area contributed by atoms with E-state index in [4.69, 9.17) is 4.74 Å². The molecule has 3 heteroatoms. The fourth-order valence-corrected chi connectivity index (χ4v) is 2.97. The number of cyclic esters (lactones) is 1. The number of carbonyl (C=O) groups excluding carboxylic acids is 1. The topological polar surface area (TPSA) is 29.5 Å². The smallest absolute Gasteiger partial charge is 0.422 e. The van der Waals surface area contributed by atoms with Gasteiger partial charge in [-0.1, -0.05) is 80.4 Å². The molecule has 0 aliphatic carbocycles. The largest absolute Gasteiger partial charge is 0.446 e. The van der Waals surface area contributed by atoms with Crippen LogP contribution in [0.2, 0.25) is 0 Å². The minimum Gasteiger partial charge on any atom is -0.446 e. The van der Waals surface area contributed by atoms with Gasteiger partial charge >= 0.3 is 6.09 Å². The zero-order valence-electron chi connectivity index (χ0n) is 14.0. The van der Waals surface area contributed by atoms with E-state index >= 15 is 0 Å². The van der Waals surface area contributed by atoms with E-state index in [1.165, 1.54) is 0 Å². The second-order valence-corrected chi connectivity index (χ2v) is 6.22. The lowest BCUT2D eigenvalue weighted by Crippen LogP contribution is -2.35. The third kappa shape index (κ3) is 3.44. The van der Waals surface area contributed by atoms with Crippen LogP contribution in [-0.2, 0) is 4.74 Å². The lowest BCUT2D eigenvalue weighted by atomic mass is 9.85.